The summed E-state index contributed by atoms with van der Waals surface area (Å²) in [6, 6.07) is 0.557. The van der Waals surface area contributed by atoms with Gasteiger partial charge in [-0.15, -0.1) is 0 Å². The molecule has 0 aromatic carbocycles. The van der Waals surface area contributed by atoms with E-state index in [0.717, 1.165) is 18.3 Å². The van der Waals surface area contributed by atoms with Crippen molar-refractivity contribution in [2.24, 2.45) is 5.92 Å². The minimum absolute atomic E-state index is 0.122. The topological polar surface area (TPSA) is 42.7 Å². The van der Waals surface area contributed by atoms with Gasteiger partial charge in [-0.2, -0.15) is 5.10 Å². The fourth-order valence-corrected chi connectivity index (χ4v) is 2.85. The van der Waals surface area contributed by atoms with E-state index in [0.29, 0.717) is 6.04 Å². The molecule has 0 amide bonds. The van der Waals surface area contributed by atoms with E-state index in [1.807, 2.05) is 0 Å². The van der Waals surface area contributed by atoms with Crippen LogP contribution in [0.3, 0.4) is 0 Å². The maximum Gasteiger partial charge on any atom is 0.141 e. The highest BCUT2D eigenvalue weighted by Crippen LogP contribution is 2.33. The molecular formula is C15H28N4. The van der Waals surface area contributed by atoms with Crippen molar-refractivity contribution in [3.05, 3.63) is 12.2 Å². The van der Waals surface area contributed by atoms with Crippen LogP contribution in [0.25, 0.3) is 0 Å². The van der Waals surface area contributed by atoms with Crippen LogP contribution in [0.2, 0.25) is 0 Å². The zero-order valence-corrected chi connectivity index (χ0v) is 12.8. The monoisotopic (exact) mass is 264 g/mol. The van der Waals surface area contributed by atoms with Gasteiger partial charge in [0, 0.05) is 5.54 Å². The Bertz CT molecular complexity index is 383. The average Bonchev–Trinajstić information content (AvgIpc) is 2.84. The first-order chi connectivity index (χ1) is 8.99. The first-order valence-corrected chi connectivity index (χ1v) is 7.63. The number of rotatable bonds is 4. The summed E-state index contributed by atoms with van der Waals surface area (Å²) in [5.74, 6) is 2.01. The van der Waals surface area contributed by atoms with Gasteiger partial charge in [-0.3, -0.25) is 0 Å². The summed E-state index contributed by atoms with van der Waals surface area (Å²) in [6.07, 6.45) is 8.21. The highest BCUT2D eigenvalue weighted by atomic mass is 15.4. The van der Waals surface area contributed by atoms with Crippen LogP contribution in [-0.4, -0.2) is 20.3 Å². The zero-order chi connectivity index (χ0) is 13.9. The number of hydrogen-bond donors (Lipinski definition) is 1. The molecule has 0 aliphatic heterocycles. The molecule has 0 spiro atoms. The van der Waals surface area contributed by atoms with E-state index < -0.39 is 0 Å². The van der Waals surface area contributed by atoms with Gasteiger partial charge in [0.2, 0.25) is 0 Å². The molecule has 0 unspecified atom stereocenters. The van der Waals surface area contributed by atoms with Crippen molar-refractivity contribution in [2.45, 2.75) is 77.9 Å². The molecule has 19 heavy (non-hydrogen) atoms. The maximum atomic E-state index is 4.46. The van der Waals surface area contributed by atoms with Crippen molar-refractivity contribution in [3.63, 3.8) is 0 Å². The smallest absolute Gasteiger partial charge is 0.141 e. The Morgan fingerprint density at radius 3 is 2.53 bits per heavy atom. The Labute approximate surface area is 117 Å². The third-order valence-electron chi connectivity index (χ3n) is 4.16. The number of hydrogen-bond acceptors (Lipinski definition) is 3. The fourth-order valence-electron chi connectivity index (χ4n) is 2.85. The van der Waals surface area contributed by atoms with Crippen molar-refractivity contribution in [3.8, 4) is 0 Å². The molecule has 2 rings (SSSR count). The molecule has 0 radical (unpaired) electrons. The zero-order valence-electron chi connectivity index (χ0n) is 12.8. The molecule has 1 saturated carbocycles. The van der Waals surface area contributed by atoms with Gasteiger partial charge < -0.3 is 5.32 Å². The second-order valence-electron chi connectivity index (χ2n) is 6.81. The molecule has 4 nitrogen and oxygen atoms in total. The number of nitrogens with one attached hydrogen (secondary N) is 1. The van der Waals surface area contributed by atoms with Crippen LogP contribution in [0.4, 0.5) is 0 Å². The van der Waals surface area contributed by atoms with Gasteiger partial charge in [-0.05, 0) is 52.4 Å². The molecule has 1 aliphatic rings. The van der Waals surface area contributed by atoms with Crippen molar-refractivity contribution in [1.29, 1.82) is 0 Å². The Morgan fingerprint density at radius 1 is 1.26 bits per heavy atom. The quantitative estimate of drug-likeness (QED) is 0.907. The van der Waals surface area contributed by atoms with Gasteiger partial charge >= 0.3 is 0 Å². The number of nitrogens with zero attached hydrogens (tertiary/aromatic N) is 3. The van der Waals surface area contributed by atoms with Gasteiger partial charge in [0.15, 0.2) is 0 Å². The van der Waals surface area contributed by atoms with Crippen LogP contribution in [0.1, 0.15) is 71.7 Å². The fraction of sp³-hybridized carbons (Fsp3) is 0.867. The summed E-state index contributed by atoms with van der Waals surface area (Å²) in [4.78, 5) is 4.42. The first-order valence-electron chi connectivity index (χ1n) is 7.63. The maximum absolute atomic E-state index is 4.46. The Hall–Kier alpha value is -0.900. The van der Waals surface area contributed by atoms with Gasteiger partial charge in [0.25, 0.3) is 0 Å². The van der Waals surface area contributed by atoms with E-state index in [1.54, 1.807) is 6.33 Å². The molecule has 0 saturated heterocycles. The largest absolute Gasteiger partial charge is 0.305 e. The van der Waals surface area contributed by atoms with Gasteiger partial charge in [-0.25, -0.2) is 9.67 Å². The molecule has 4 heteroatoms. The lowest BCUT2D eigenvalue weighted by Crippen LogP contribution is -2.36. The van der Waals surface area contributed by atoms with Crippen molar-refractivity contribution in [2.75, 3.05) is 0 Å². The van der Waals surface area contributed by atoms with E-state index in [2.05, 4.69) is 47.8 Å². The van der Waals surface area contributed by atoms with Crippen molar-refractivity contribution in [1.82, 2.24) is 20.1 Å². The summed E-state index contributed by atoms with van der Waals surface area (Å²) in [5, 5.41) is 7.96. The summed E-state index contributed by atoms with van der Waals surface area (Å²) >= 11 is 0. The van der Waals surface area contributed by atoms with Crippen LogP contribution in [0.5, 0.6) is 0 Å². The molecule has 0 atom stereocenters. The predicted octanol–water partition coefficient (Wildman–Crippen LogP) is 3.31. The van der Waals surface area contributed by atoms with Crippen molar-refractivity contribution < 1.29 is 0 Å². The van der Waals surface area contributed by atoms with Gasteiger partial charge in [0.05, 0.1) is 12.6 Å². The molecule has 1 aliphatic carbocycles. The van der Waals surface area contributed by atoms with Gasteiger partial charge in [0.1, 0.15) is 12.2 Å². The van der Waals surface area contributed by atoms with Crippen LogP contribution in [0.15, 0.2) is 6.33 Å². The average molecular weight is 264 g/mol. The molecule has 1 fully saturated rings. The van der Waals surface area contributed by atoms with E-state index >= 15 is 0 Å². The number of aromatic nitrogens is 3. The third-order valence-corrected chi connectivity index (χ3v) is 4.16. The van der Waals surface area contributed by atoms with Crippen LogP contribution < -0.4 is 5.32 Å². The van der Waals surface area contributed by atoms with Crippen molar-refractivity contribution >= 4 is 0 Å². The van der Waals surface area contributed by atoms with Gasteiger partial charge in [-0.1, -0.05) is 13.3 Å². The summed E-state index contributed by atoms with van der Waals surface area (Å²) in [5.41, 5.74) is 0.122. The summed E-state index contributed by atoms with van der Waals surface area (Å²) in [7, 11) is 0. The minimum Gasteiger partial charge on any atom is -0.305 e. The molecule has 108 valence electrons. The first kappa shape index (κ1) is 14.5. The van der Waals surface area contributed by atoms with E-state index in [1.165, 1.54) is 32.1 Å². The predicted molar refractivity (Wildman–Crippen MR) is 77.9 cm³/mol. The Morgan fingerprint density at radius 2 is 1.95 bits per heavy atom. The lowest BCUT2D eigenvalue weighted by atomic mass is 9.84. The second-order valence-corrected chi connectivity index (χ2v) is 6.81. The van der Waals surface area contributed by atoms with E-state index in [-0.39, 0.29) is 5.54 Å². The summed E-state index contributed by atoms with van der Waals surface area (Å²) in [6.45, 7) is 9.65. The minimum atomic E-state index is 0.122. The molecule has 1 N–H and O–H groups in total. The molecule has 1 aromatic rings. The molecule has 1 aromatic heterocycles. The van der Waals surface area contributed by atoms with Crippen LogP contribution in [-0.2, 0) is 6.54 Å². The highest BCUT2D eigenvalue weighted by Gasteiger charge is 2.24. The molecule has 0 bridgehead atoms. The lowest BCUT2D eigenvalue weighted by molar-refractivity contribution is 0.249. The van der Waals surface area contributed by atoms with E-state index in [4.69, 9.17) is 0 Å². The Balaban J connectivity index is 1.96. The van der Waals surface area contributed by atoms with Crippen LogP contribution >= 0.6 is 0 Å². The standard InChI is InChI=1S/C15H28N4/c1-5-12-6-8-13(9-7-12)19-14(16-11-18-19)10-17-15(2,3)4/h11-13,17H,5-10H2,1-4H3. The lowest BCUT2D eigenvalue weighted by Gasteiger charge is -2.29. The normalized spacial score (nSPS) is 24.6. The van der Waals surface area contributed by atoms with E-state index in [9.17, 15) is 0 Å². The highest BCUT2D eigenvalue weighted by molar-refractivity contribution is 4.90. The molecule has 1 heterocycles. The summed E-state index contributed by atoms with van der Waals surface area (Å²) < 4.78 is 2.16. The van der Waals surface area contributed by atoms with Crippen LogP contribution in [0, 0.1) is 5.92 Å². The SMILES string of the molecule is CCC1CCC(n2ncnc2CNC(C)(C)C)CC1. The Kier molecular flexibility index (Phi) is 4.61. The molecular weight excluding hydrogens is 236 g/mol. The second kappa shape index (κ2) is 6.04. The third kappa shape index (κ3) is 4.03.